The molecule has 2 fully saturated rings. The number of Topliss-reactive ketones (excluding diaryl/α,β-unsaturated/α-hetero) is 1. The minimum Gasteiger partial charge on any atom is -0.353 e. The van der Waals surface area contributed by atoms with Crippen molar-refractivity contribution in [3.8, 4) is 0 Å². The second kappa shape index (κ2) is 6.60. The van der Waals surface area contributed by atoms with Gasteiger partial charge >= 0.3 is 0 Å². The maximum absolute atomic E-state index is 13.5. The number of para-hydroxylation sites is 1. The molecule has 2 saturated heterocycles. The normalized spacial score (nSPS) is 26.0. The van der Waals surface area contributed by atoms with Gasteiger partial charge in [-0.3, -0.25) is 24.5 Å². The predicted octanol–water partition coefficient (Wildman–Crippen LogP) is 2.88. The van der Waals surface area contributed by atoms with E-state index in [9.17, 15) is 24.5 Å². The number of benzene rings is 2. The summed E-state index contributed by atoms with van der Waals surface area (Å²) in [4.78, 5) is 53.4. The van der Waals surface area contributed by atoms with Crippen molar-refractivity contribution < 1.29 is 19.3 Å². The zero-order chi connectivity index (χ0) is 22.0. The average Bonchev–Trinajstić information content (AvgIpc) is 3.22. The fourth-order valence-corrected chi connectivity index (χ4v) is 5.16. The predicted molar refractivity (Wildman–Crippen MR) is 114 cm³/mol. The minimum absolute atomic E-state index is 0.193. The topological polar surface area (TPSA) is 101 Å². The van der Waals surface area contributed by atoms with Gasteiger partial charge in [-0.25, -0.2) is 4.90 Å². The molecule has 0 N–H and O–H groups in total. The molecule has 4 atom stereocenters. The van der Waals surface area contributed by atoms with Crippen LogP contribution >= 0.6 is 0 Å². The van der Waals surface area contributed by atoms with E-state index in [0.29, 0.717) is 5.56 Å². The van der Waals surface area contributed by atoms with Gasteiger partial charge in [0.2, 0.25) is 11.8 Å². The molecule has 8 heteroatoms. The third kappa shape index (κ3) is 2.57. The third-order valence-electron chi connectivity index (χ3n) is 6.48. The van der Waals surface area contributed by atoms with Crippen LogP contribution < -0.4 is 9.80 Å². The quantitative estimate of drug-likeness (QED) is 0.432. The molecule has 3 heterocycles. The first-order valence-corrected chi connectivity index (χ1v) is 10.00. The van der Waals surface area contributed by atoms with Crippen LogP contribution in [0.4, 0.5) is 17.1 Å². The van der Waals surface area contributed by atoms with Crippen LogP contribution in [0.2, 0.25) is 0 Å². The number of carbonyl (C=O) groups is 3. The Morgan fingerprint density at radius 2 is 1.74 bits per heavy atom. The van der Waals surface area contributed by atoms with E-state index >= 15 is 0 Å². The Balaban J connectivity index is 1.63. The van der Waals surface area contributed by atoms with E-state index in [0.717, 1.165) is 16.2 Å². The maximum atomic E-state index is 13.5. The monoisotopic (exact) mass is 417 g/mol. The molecule has 3 aliphatic rings. The Morgan fingerprint density at radius 3 is 2.45 bits per heavy atom. The summed E-state index contributed by atoms with van der Waals surface area (Å²) >= 11 is 0. The number of carbonyl (C=O) groups excluding carboxylic acids is 3. The Bertz CT molecular complexity index is 1200. The first-order chi connectivity index (χ1) is 14.8. The highest BCUT2D eigenvalue weighted by Crippen LogP contribution is 2.49. The molecular weight excluding hydrogens is 398 g/mol. The van der Waals surface area contributed by atoms with Crippen LogP contribution in [0.25, 0.3) is 6.08 Å². The Morgan fingerprint density at radius 1 is 1.03 bits per heavy atom. The second-order valence-corrected chi connectivity index (χ2v) is 8.16. The lowest BCUT2D eigenvalue weighted by atomic mass is 9.88. The van der Waals surface area contributed by atoms with Gasteiger partial charge in [0.05, 0.1) is 28.5 Å². The molecule has 0 spiro atoms. The standard InChI is InChI=1S/C23H19N3O5/c1-12-7-9-15(26(30)31)11-18(12)25-22(28)19-17-10-8-14-5-3-4-6-16(14)24(17)21(13(2)27)20(19)23(25)29/h3-11,17,19-21H,1-2H3/t17-,19+,20-,21-/m1/s1. The van der Waals surface area contributed by atoms with E-state index in [2.05, 4.69) is 0 Å². The first kappa shape index (κ1) is 19.2. The van der Waals surface area contributed by atoms with Gasteiger partial charge in [-0.05, 0) is 31.0 Å². The van der Waals surface area contributed by atoms with Crippen molar-refractivity contribution in [1.82, 2.24) is 0 Å². The van der Waals surface area contributed by atoms with E-state index in [4.69, 9.17) is 0 Å². The molecule has 0 saturated carbocycles. The number of nitro groups is 1. The SMILES string of the molecule is CC(=O)[C@@H]1[C@@H]2C(=O)N(c3cc([N+](=O)[O-])ccc3C)C(=O)[C@H]2[C@H]2C=Cc3ccccc3N21. The molecular formula is C23H19N3O5. The molecule has 2 amide bonds. The number of anilines is 2. The molecule has 0 bridgehead atoms. The summed E-state index contributed by atoms with van der Waals surface area (Å²) < 4.78 is 0. The highest BCUT2D eigenvalue weighted by atomic mass is 16.6. The van der Waals surface area contributed by atoms with Gasteiger partial charge in [0.15, 0.2) is 5.78 Å². The molecule has 8 nitrogen and oxygen atoms in total. The molecule has 31 heavy (non-hydrogen) atoms. The van der Waals surface area contributed by atoms with Gasteiger partial charge in [-0.1, -0.05) is 36.4 Å². The number of non-ortho nitro benzene ring substituents is 1. The van der Waals surface area contributed by atoms with Crippen LogP contribution in [-0.4, -0.2) is 34.6 Å². The third-order valence-corrected chi connectivity index (χ3v) is 6.48. The van der Waals surface area contributed by atoms with Gasteiger partial charge in [-0.15, -0.1) is 0 Å². The average molecular weight is 417 g/mol. The summed E-state index contributed by atoms with van der Waals surface area (Å²) in [6.45, 7) is 3.13. The molecule has 0 aromatic heterocycles. The zero-order valence-corrected chi connectivity index (χ0v) is 16.9. The molecule has 3 aliphatic heterocycles. The van der Waals surface area contributed by atoms with Crippen molar-refractivity contribution in [3.63, 3.8) is 0 Å². The lowest BCUT2D eigenvalue weighted by Crippen LogP contribution is -2.48. The van der Waals surface area contributed by atoms with Crippen molar-refractivity contribution in [1.29, 1.82) is 0 Å². The number of aryl methyl sites for hydroxylation is 1. The van der Waals surface area contributed by atoms with Crippen LogP contribution in [0.1, 0.15) is 18.1 Å². The number of amides is 2. The van der Waals surface area contributed by atoms with Crippen LogP contribution in [0.15, 0.2) is 48.5 Å². The summed E-state index contributed by atoms with van der Waals surface area (Å²) in [5.41, 5.74) is 2.33. The second-order valence-electron chi connectivity index (χ2n) is 8.16. The van der Waals surface area contributed by atoms with Crippen LogP contribution in [0.3, 0.4) is 0 Å². The Hall–Kier alpha value is -3.81. The number of rotatable bonds is 3. The van der Waals surface area contributed by atoms with E-state index in [-0.39, 0.29) is 17.2 Å². The summed E-state index contributed by atoms with van der Waals surface area (Å²) in [5, 5.41) is 11.2. The van der Waals surface area contributed by atoms with E-state index in [1.807, 2.05) is 41.3 Å². The van der Waals surface area contributed by atoms with Crippen LogP contribution in [0, 0.1) is 28.9 Å². The molecule has 5 rings (SSSR count). The molecule has 0 unspecified atom stereocenters. The number of hydrogen-bond donors (Lipinski definition) is 0. The van der Waals surface area contributed by atoms with Gasteiger partial charge in [0.1, 0.15) is 6.04 Å². The number of nitro benzene ring substituents is 1. The van der Waals surface area contributed by atoms with Crippen LogP contribution in [0.5, 0.6) is 0 Å². The van der Waals surface area contributed by atoms with E-state index in [1.165, 1.54) is 25.1 Å². The first-order valence-electron chi connectivity index (χ1n) is 10.00. The lowest BCUT2D eigenvalue weighted by Gasteiger charge is -2.36. The number of fused-ring (bicyclic) bond motifs is 5. The van der Waals surface area contributed by atoms with Gasteiger partial charge in [0, 0.05) is 17.8 Å². The van der Waals surface area contributed by atoms with Gasteiger partial charge in [-0.2, -0.15) is 0 Å². The zero-order valence-electron chi connectivity index (χ0n) is 16.9. The van der Waals surface area contributed by atoms with Gasteiger partial charge < -0.3 is 4.90 Å². The molecule has 0 aliphatic carbocycles. The summed E-state index contributed by atoms with van der Waals surface area (Å²) in [5.74, 6) is -2.68. The minimum atomic E-state index is -0.843. The largest absolute Gasteiger partial charge is 0.353 e. The highest BCUT2D eigenvalue weighted by Gasteiger charge is 2.63. The Labute approximate surface area is 177 Å². The number of hydrogen-bond acceptors (Lipinski definition) is 6. The summed E-state index contributed by atoms with van der Waals surface area (Å²) in [6.07, 6.45) is 3.78. The van der Waals surface area contributed by atoms with Crippen LogP contribution in [-0.2, 0) is 14.4 Å². The Kier molecular flexibility index (Phi) is 4.08. The maximum Gasteiger partial charge on any atom is 0.271 e. The molecule has 2 aromatic rings. The van der Waals surface area contributed by atoms with E-state index in [1.54, 1.807) is 6.92 Å². The summed E-state index contributed by atoms with van der Waals surface area (Å²) in [6, 6.07) is 10.5. The molecule has 2 aromatic carbocycles. The van der Waals surface area contributed by atoms with Gasteiger partial charge in [0.25, 0.3) is 5.69 Å². The molecule has 0 radical (unpaired) electrons. The number of imide groups is 1. The fraction of sp³-hybridized carbons (Fsp3) is 0.261. The van der Waals surface area contributed by atoms with Crippen molar-refractivity contribution in [2.45, 2.75) is 25.9 Å². The fourth-order valence-electron chi connectivity index (χ4n) is 5.16. The number of ketones is 1. The number of nitrogens with zero attached hydrogens (tertiary/aromatic N) is 3. The van der Waals surface area contributed by atoms with E-state index < -0.39 is 40.7 Å². The van der Waals surface area contributed by atoms with Crippen molar-refractivity contribution in [2.75, 3.05) is 9.80 Å². The summed E-state index contributed by atoms with van der Waals surface area (Å²) in [7, 11) is 0. The van der Waals surface area contributed by atoms with Crippen molar-refractivity contribution in [2.24, 2.45) is 11.8 Å². The molecule has 156 valence electrons. The smallest absolute Gasteiger partial charge is 0.271 e. The van der Waals surface area contributed by atoms with Crippen molar-refractivity contribution >= 4 is 40.7 Å². The van der Waals surface area contributed by atoms with Crippen molar-refractivity contribution in [3.05, 3.63) is 69.8 Å². The lowest BCUT2D eigenvalue weighted by molar-refractivity contribution is -0.384. The highest BCUT2D eigenvalue weighted by molar-refractivity contribution is 6.25.